The van der Waals surface area contributed by atoms with Crippen molar-refractivity contribution in [3.05, 3.63) is 17.0 Å². The minimum absolute atomic E-state index is 0.113. The van der Waals surface area contributed by atoms with E-state index in [1.54, 1.807) is 13.2 Å². The predicted molar refractivity (Wildman–Crippen MR) is 74.2 cm³/mol. The lowest BCUT2D eigenvalue weighted by molar-refractivity contribution is 0.111. The topological polar surface area (TPSA) is 67.3 Å². The molecule has 1 aromatic heterocycles. The van der Waals surface area contributed by atoms with Crippen molar-refractivity contribution in [3.63, 3.8) is 0 Å². The van der Waals surface area contributed by atoms with Crippen molar-refractivity contribution >= 4 is 17.4 Å². The molecule has 19 heavy (non-hydrogen) atoms. The maximum absolute atomic E-state index is 9.47. The molecule has 106 valence electrons. The Hall–Kier alpha value is -0.910. The van der Waals surface area contributed by atoms with E-state index in [1.807, 2.05) is 0 Å². The van der Waals surface area contributed by atoms with Crippen molar-refractivity contribution in [2.24, 2.45) is 5.92 Å². The molecule has 0 bridgehead atoms. The first kappa shape index (κ1) is 14.5. The number of hydrogen-bond donors (Lipinski definition) is 2. The van der Waals surface area contributed by atoms with Crippen molar-refractivity contribution < 1.29 is 9.84 Å². The first-order valence-corrected chi connectivity index (χ1v) is 6.99. The average molecular weight is 286 g/mol. The van der Waals surface area contributed by atoms with Gasteiger partial charge < -0.3 is 15.2 Å². The molecule has 1 fully saturated rings. The maximum atomic E-state index is 9.47. The molecule has 1 aliphatic rings. The van der Waals surface area contributed by atoms with Crippen LogP contribution in [0, 0.1) is 5.92 Å². The van der Waals surface area contributed by atoms with Crippen molar-refractivity contribution in [2.75, 3.05) is 19.0 Å². The molecule has 1 saturated carbocycles. The van der Waals surface area contributed by atoms with Gasteiger partial charge in [-0.2, -0.15) is 0 Å². The Kier molecular flexibility index (Phi) is 5.36. The van der Waals surface area contributed by atoms with Crippen LogP contribution in [-0.2, 0) is 11.3 Å². The van der Waals surface area contributed by atoms with Crippen LogP contribution in [0.4, 0.5) is 5.82 Å². The summed E-state index contributed by atoms with van der Waals surface area (Å²) in [6.07, 6.45) is 3.78. The largest absolute Gasteiger partial charge is 0.393 e. The minimum atomic E-state index is -0.113. The Balaban J connectivity index is 1.88. The molecule has 0 atom stereocenters. The smallest absolute Gasteiger partial charge is 0.158 e. The van der Waals surface area contributed by atoms with Crippen LogP contribution in [0.25, 0.3) is 0 Å². The van der Waals surface area contributed by atoms with E-state index in [9.17, 15) is 5.11 Å². The normalized spacial score (nSPS) is 23.3. The fourth-order valence-corrected chi connectivity index (χ4v) is 2.55. The number of methoxy groups -OCH3 is 1. The third kappa shape index (κ3) is 4.60. The van der Waals surface area contributed by atoms with Gasteiger partial charge in [-0.1, -0.05) is 11.6 Å². The van der Waals surface area contributed by atoms with Crippen molar-refractivity contribution in [1.29, 1.82) is 0 Å². The van der Waals surface area contributed by atoms with Crippen molar-refractivity contribution in [2.45, 2.75) is 38.4 Å². The highest BCUT2D eigenvalue weighted by molar-refractivity contribution is 6.29. The fraction of sp³-hybridized carbons (Fsp3) is 0.692. The van der Waals surface area contributed by atoms with Crippen LogP contribution < -0.4 is 5.32 Å². The van der Waals surface area contributed by atoms with Gasteiger partial charge in [0.25, 0.3) is 0 Å². The lowest BCUT2D eigenvalue weighted by Gasteiger charge is -2.25. The molecule has 2 N–H and O–H groups in total. The molecule has 0 unspecified atom stereocenters. The molecular weight excluding hydrogens is 266 g/mol. The quantitative estimate of drug-likeness (QED) is 0.812. The van der Waals surface area contributed by atoms with E-state index in [2.05, 4.69) is 15.3 Å². The summed E-state index contributed by atoms with van der Waals surface area (Å²) in [6.45, 7) is 1.21. The number of aliphatic hydroxyl groups excluding tert-OH is 1. The van der Waals surface area contributed by atoms with Crippen molar-refractivity contribution in [3.8, 4) is 0 Å². The van der Waals surface area contributed by atoms with E-state index in [1.165, 1.54) is 0 Å². The zero-order chi connectivity index (χ0) is 13.7. The number of aromatic nitrogens is 2. The summed E-state index contributed by atoms with van der Waals surface area (Å²) in [7, 11) is 1.60. The molecule has 0 saturated heterocycles. The lowest BCUT2D eigenvalue weighted by atomic mass is 9.87. The first-order chi connectivity index (χ1) is 9.17. The lowest BCUT2D eigenvalue weighted by Crippen LogP contribution is -2.23. The third-order valence-corrected chi connectivity index (χ3v) is 3.60. The van der Waals surface area contributed by atoms with E-state index in [-0.39, 0.29) is 6.10 Å². The van der Waals surface area contributed by atoms with Crippen LogP contribution >= 0.6 is 11.6 Å². The summed E-state index contributed by atoms with van der Waals surface area (Å²) in [5.74, 6) is 1.90. The van der Waals surface area contributed by atoms with E-state index in [4.69, 9.17) is 16.3 Å². The van der Waals surface area contributed by atoms with Crippen LogP contribution in [-0.4, -0.2) is 34.8 Å². The molecule has 2 rings (SSSR count). The summed E-state index contributed by atoms with van der Waals surface area (Å²) < 4.78 is 5.00. The molecule has 6 heteroatoms. The molecule has 0 aliphatic heterocycles. The summed E-state index contributed by atoms with van der Waals surface area (Å²) in [5.41, 5.74) is 0. The zero-order valence-corrected chi connectivity index (χ0v) is 11.9. The van der Waals surface area contributed by atoms with Crippen LogP contribution in [0.1, 0.15) is 31.5 Å². The monoisotopic (exact) mass is 285 g/mol. The van der Waals surface area contributed by atoms with E-state index in [0.29, 0.717) is 23.5 Å². The highest BCUT2D eigenvalue weighted by Crippen LogP contribution is 2.24. The van der Waals surface area contributed by atoms with Crippen LogP contribution in [0.2, 0.25) is 5.15 Å². The number of ether oxygens (including phenoxy) is 1. The number of hydrogen-bond acceptors (Lipinski definition) is 5. The standard InChI is InChI=1S/C13H20ClN3O2/c1-19-8-13-16-11(14)6-12(17-13)15-7-9-2-4-10(18)5-3-9/h6,9-10,18H,2-5,7-8H2,1H3,(H,15,16,17). The Bertz CT molecular complexity index is 409. The second kappa shape index (κ2) is 7.03. The molecule has 5 nitrogen and oxygen atoms in total. The summed E-state index contributed by atoms with van der Waals surface area (Å²) in [4.78, 5) is 8.43. The fourth-order valence-electron chi connectivity index (χ4n) is 2.35. The number of nitrogens with one attached hydrogen (secondary N) is 1. The van der Waals surface area contributed by atoms with Gasteiger partial charge in [-0.3, -0.25) is 0 Å². The van der Waals surface area contributed by atoms with Gasteiger partial charge in [0.15, 0.2) is 5.82 Å². The second-order valence-electron chi connectivity index (χ2n) is 4.98. The molecule has 0 spiro atoms. The van der Waals surface area contributed by atoms with Gasteiger partial charge >= 0.3 is 0 Å². The predicted octanol–water partition coefficient (Wildman–Crippen LogP) is 2.24. The highest BCUT2D eigenvalue weighted by atomic mass is 35.5. The second-order valence-corrected chi connectivity index (χ2v) is 5.37. The van der Waals surface area contributed by atoms with Gasteiger partial charge in [0.1, 0.15) is 17.6 Å². The van der Waals surface area contributed by atoms with Gasteiger partial charge in [0, 0.05) is 19.7 Å². The summed E-state index contributed by atoms with van der Waals surface area (Å²) >= 11 is 5.95. The zero-order valence-electron chi connectivity index (χ0n) is 11.1. The maximum Gasteiger partial charge on any atom is 0.158 e. The molecule has 1 heterocycles. The number of aliphatic hydroxyl groups is 1. The number of nitrogens with zero attached hydrogens (tertiary/aromatic N) is 2. The highest BCUT2D eigenvalue weighted by Gasteiger charge is 2.19. The molecule has 0 aromatic carbocycles. The Morgan fingerprint density at radius 3 is 2.79 bits per heavy atom. The minimum Gasteiger partial charge on any atom is -0.393 e. The number of halogens is 1. The van der Waals surface area contributed by atoms with Gasteiger partial charge in [-0.25, -0.2) is 9.97 Å². The van der Waals surface area contributed by atoms with Gasteiger partial charge in [-0.05, 0) is 31.6 Å². The summed E-state index contributed by atoms with van der Waals surface area (Å²) in [5, 5.41) is 13.2. The number of rotatable bonds is 5. The molecule has 1 aliphatic carbocycles. The van der Waals surface area contributed by atoms with E-state index >= 15 is 0 Å². The summed E-state index contributed by atoms with van der Waals surface area (Å²) in [6, 6.07) is 1.72. The molecule has 1 aromatic rings. The van der Waals surface area contributed by atoms with Crippen LogP contribution in [0.3, 0.4) is 0 Å². The average Bonchev–Trinajstić information content (AvgIpc) is 2.38. The van der Waals surface area contributed by atoms with Crippen LogP contribution in [0.15, 0.2) is 6.07 Å². The van der Waals surface area contributed by atoms with E-state index in [0.717, 1.165) is 38.0 Å². The first-order valence-electron chi connectivity index (χ1n) is 6.61. The van der Waals surface area contributed by atoms with Crippen molar-refractivity contribution in [1.82, 2.24) is 9.97 Å². The molecular formula is C13H20ClN3O2. The molecule has 0 amide bonds. The van der Waals surface area contributed by atoms with Gasteiger partial charge in [0.2, 0.25) is 0 Å². The third-order valence-electron chi connectivity index (χ3n) is 3.40. The molecule has 0 radical (unpaired) electrons. The van der Waals surface area contributed by atoms with Gasteiger partial charge in [0.05, 0.1) is 6.10 Å². The van der Waals surface area contributed by atoms with Crippen LogP contribution in [0.5, 0.6) is 0 Å². The Morgan fingerprint density at radius 2 is 2.11 bits per heavy atom. The van der Waals surface area contributed by atoms with E-state index < -0.39 is 0 Å². The Morgan fingerprint density at radius 1 is 1.37 bits per heavy atom. The van der Waals surface area contributed by atoms with Gasteiger partial charge in [-0.15, -0.1) is 0 Å². The number of anilines is 1. The Labute approximate surface area is 118 Å². The SMILES string of the molecule is COCc1nc(Cl)cc(NCC2CCC(O)CC2)n1.